The maximum absolute atomic E-state index is 12.3. The highest BCUT2D eigenvalue weighted by Crippen LogP contribution is 2.45. The predicted octanol–water partition coefficient (Wildman–Crippen LogP) is 8.72. The Hall–Kier alpha value is -2.55. The Balaban J connectivity index is 1.34. The van der Waals surface area contributed by atoms with Crippen LogP contribution in [0.15, 0.2) is 51.1 Å². The van der Waals surface area contributed by atoms with Crippen molar-refractivity contribution in [3.8, 4) is 5.75 Å². The molecule has 0 aliphatic heterocycles. The smallest absolute Gasteiger partial charge is 0.128 e. The standard InChI is InChI=1S/C36H50O10S3/c1-2-3-4-5-6-7-8-9-10-11-12-13-14-15-16-17-18-19-24-46-31-25-32(47(37,38)39)28-22-23-30-34(49(43,44)45)26-33(48(40,41)42)29-21-20-27(31)35(28)36(29)30/h20-23,25-26H,2-19,24H2,1H3,(H,37,38,39)(H,40,41,42)(H,43,44,45)/p-3. The van der Waals surface area contributed by atoms with E-state index in [1.807, 2.05) is 0 Å². The van der Waals surface area contributed by atoms with E-state index < -0.39 is 45.0 Å². The number of rotatable bonds is 23. The van der Waals surface area contributed by atoms with Gasteiger partial charge in [-0.15, -0.1) is 0 Å². The number of benzene rings is 4. The van der Waals surface area contributed by atoms with Gasteiger partial charge in [-0.25, -0.2) is 25.3 Å². The summed E-state index contributed by atoms with van der Waals surface area (Å²) in [6, 6.07) is 6.66. The molecule has 0 heterocycles. The van der Waals surface area contributed by atoms with Gasteiger partial charge in [0.1, 0.15) is 36.1 Å². The average Bonchev–Trinajstić information content (AvgIpc) is 3.03. The molecule has 49 heavy (non-hydrogen) atoms. The summed E-state index contributed by atoms with van der Waals surface area (Å²) in [5, 5.41) is -0.369. The van der Waals surface area contributed by atoms with Crippen molar-refractivity contribution < 1.29 is 43.6 Å². The van der Waals surface area contributed by atoms with Crippen LogP contribution >= 0.6 is 0 Å². The van der Waals surface area contributed by atoms with Crippen LogP contribution in [0, 0.1) is 0 Å². The molecule has 0 aromatic heterocycles. The van der Waals surface area contributed by atoms with E-state index in [2.05, 4.69) is 6.92 Å². The summed E-state index contributed by atoms with van der Waals surface area (Å²) < 4.78 is 116. The van der Waals surface area contributed by atoms with Crippen LogP contribution in [-0.4, -0.2) is 45.5 Å². The van der Waals surface area contributed by atoms with Crippen LogP contribution in [0.1, 0.15) is 122 Å². The van der Waals surface area contributed by atoms with Gasteiger partial charge in [0.25, 0.3) is 0 Å². The number of hydrogen-bond donors (Lipinski definition) is 0. The summed E-state index contributed by atoms with van der Waals surface area (Å²) in [4.78, 5) is -2.54. The number of unbranched alkanes of at least 4 members (excludes halogenated alkanes) is 17. The zero-order valence-corrected chi connectivity index (χ0v) is 30.7. The van der Waals surface area contributed by atoms with Crippen LogP contribution in [0.4, 0.5) is 0 Å². The van der Waals surface area contributed by atoms with Gasteiger partial charge in [0, 0.05) is 32.3 Å². The van der Waals surface area contributed by atoms with Gasteiger partial charge in [-0.05, 0) is 24.6 Å². The molecule has 272 valence electrons. The molecule has 13 heteroatoms. The molecule has 0 atom stereocenters. The fraction of sp³-hybridized carbons (Fsp3) is 0.556. The summed E-state index contributed by atoms with van der Waals surface area (Å²) in [7, 11) is -15.6. The van der Waals surface area contributed by atoms with E-state index in [0.717, 1.165) is 31.4 Å². The highest BCUT2D eigenvalue weighted by Gasteiger charge is 2.23. The molecule has 0 saturated carbocycles. The first-order valence-corrected chi connectivity index (χ1v) is 21.8. The summed E-state index contributed by atoms with van der Waals surface area (Å²) in [5.74, 6) is 0.0326. The minimum atomic E-state index is -5.26. The van der Waals surface area contributed by atoms with Gasteiger partial charge in [-0.2, -0.15) is 0 Å². The third kappa shape index (κ3) is 10.5. The van der Waals surface area contributed by atoms with Crippen LogP contribution in [0.3, 0.4) is 0 Å². The first-order chi connectivity index (χ1) is 23.2. The second kappa shape index (κ2) is 17.6. The molecule has 4 aromatic rings. The molecule has 4 aromatic carbocycles. The topological polar surface area (TPSA) is 181 Å². The van der Waals surface area contributed by atoms with E-state index in [1.165, 1.54) is 108 Å². The van der Waals surface area contributed by atoms with E-state index >= 15 is 0 Å². The lowest BCUT2D eigenvalue weighted by molar-refractivity contribution is 0.307. The average molecular weight is 736 g/mol. The van der Waals surface area contributed by atoms with Crippen molar-refractivity contribution in [1.29, 1.82) is 0 Å². The zero-order valence-electron chi connectivity index (χ0n) is 28.2. The highest BCUT2D eigenvalue weighted by atomic mass is 32.2. The lowest BCUT2D eigenvalue weighted by Gasteiger charge is -2.22. The summed E-state index contributed by atoms with van der Waals surface area (Å²) in [6.45, 7) is 2.46. The maximum Gasteiger partial charge on any atom is 0.128 e. The molecule has 0 fully saturated rings. The first-order valence-electron chi connectivity index (χ1n) is 17.5. The maximum atomic E-state index is 12.3. The minimum absolute atomic E-state index is 0.00938. The van der Waals surface area contributed by atoms with Crippen molar-refractivity contribution in [3.63, 3.8) is 0 Å². The van der Waals surface area contributed by atoms with Crippen LogP contribution in [0.2, 0.25) is 0 Å². The van der Waals surface area contributed by atoms with E-state index in [1.54, 1.807) is 0 Å². The molecule has 0 aliphatic rings. The molecular weight excluding hydrogens is 689 g/mol. The van der Waals surface area contributed by atoms with Crippen molar-refractivity contribution in [1.82, 2.24) is 0 Å². The SMILES string of the molecule is CCCCCCCCCCCCCCCCCCCCOc1cc(S(=O)(=O)[O-])c2ccc3c(S(=O)(=O)[O-])cc(S(=O)(=O)[O-])c4ccc1c2c43. The summed E-state index contributed by atoms with van der Waals surface area (Å²) in [6.07, 6.45) is 22.1. The van der Waals surface area contributed by atoms with Gasteiger partial charge in [0.2, 0.25) is 0 Å². The quantitative estimate of drug-likeness (QED) is 0.0406. The third-order valence-corrected chi connectivity index (χ3v) is 11.9. The Labute approximate surface area is 291 Å². The van der Waals surface area contributed by atoms with Gasteiger partial charge >= 0.3 is 0 Å². The Kier molecular flexibility index (Phi) is 14.1. The molecular formula is C36H47O10S3-3. The fourth-order valence-corrected chi connectivity index (χ4v) is 8.96. The van der Waals surface area contributed by atoms with Crippen molar-refractivity contribution >= 4 is 62.7 Å². The first kappa shape index (κ1) is 39.2. The van der Waals surface area contributed by atoms with Crippen LogP contribution in [0.25, 0.3) is 32.3 Å². The highest BCUT2D eigenvalue weighted by molar-refractivity contribution is 7.87. The molecule has 0 aliphatic carbocycles. The van der Waals surface area contributed by atoms with E-state index in [9.17, 15) is 38.9 Å². The van der Waals surface area contributed by atoms with Crippen LogP contribution in [0.5, 0.6) is 5.75 Å². The lowest BCUT2D eigenvalue weighted by Crippen LogP contribution is -2.08. The lowest BCUT2D eigenvalue weighted by atomic mass is 9.93. The van der Waals surface area contributed by atoms with Crippen LogP contribution < -0.4 is 4.74 Å². The van der Waals surface area contributed by atoms with Crippen molar-refractivity contribution in [2.75, 3.05) is 6.61 Å². The molecule has 0 saturated heterocycles. The minimum Gasteiger partial charge on any atom is -0.744 e. The van der Waals surface area contributed by atoms with Crippen molar-refractivity contribution in [3.05, 3.63) is 36.4 Å². The molecule has 0 N–H and O–H groups in total. The van der Waals surface area contributed by atoms with Crippen LogP contribution in [-0.2, 0) is 30.4 Å². The van der Waals surface area contributed by atoms with Gasteiger partial charge in [0.15, 0.2) is 0 Å². The van der Waals surface area contributed by atoms with Gasteiger partial charge < -0.3 is 18.4 Å². The van der Waals surface area contributed by atoms with Crippen molar-refractivity contribution in [2.45, 2.75) is 137 Å². The molecule has 4 rings (SSSR count). The largest absolute Gasteiger partial charge is 0.744 e. The van der Waals surface area contributed by atoms with Gasteiger partial charge in [-0.1, -0.05) is 134 Å². The summed E-state index contributed by atoms with van der Waals surface area (Å²) >= 11 is 0. The fourth-order valence-electron chi connectivity index (χ4n) is 6.79. The number of hydrogen-bond acceptors (Lipinski definition) is 10. The Morgan fingerprint density at radius 3 is 1.12 bits per heavy atom. The predicted molar refractivity (Wildman–Crippen MR) is 188 cm³/mol. The normalized spacial score (nSPS) is 12.9. The Morgan fingerprint density at radius 2 is 0.755 bits per heavy atom. The molecule has 0 radical (unpaired) electrons. The second-order valence-corrected chi connectivity index (χ2v) is 17.1. The number of ether oxygens (including phenoxy) is 1. The van der Waals surface area contributed by atoms with Crippen molar-refractivity contribution in [2.24, 2.45) is 0 Å². The molecule has 10 nitrogen and oxygen atoms in total. The zero-order chi connectivity index (χ0) is 35.7. The monoisotopic (exact) mass is 735 g/mol. The summed E-state index contributed by atoms with van der Waals surface area (Å²) in [5.41, 5.74) is 0. The molecule has 0 unspecified atom stereocenters. The Morgan fingerprint density at radius 1 is 0.449 bits per heavy atom. The van der Waals surface area contributed by atoms with E-state index in [-0.39, 0.29) is 44.7 Å². The Bertz CT molecular complexity index is 1970. The van der Waals surface area contributed by atoms with E-state index in [0.29, 0.717) is 12.5 Å². The second-order valence-electron chi connectivity index (χ2n) is 13.0. The molecule has 0 bridgehead atoms. The van der Waals surface area contributed by atoms with E-state index in [4.69, 9.17) is 4.74 Å². The van der Waals surface area contributed by atoms with Gasteiger partial charge in [-0.3, -0.25) is 0 Å². The molecule has 0 spiro atoms. The third-order valence-electron chi connectivity index (χ3n) is 9.31. The van der Waals surface area contributed by atoms with Gasteiger partial charge in [0.05, 0.1) is 21.3 Å². The molecule has 0 amide bonds.